The molecule has 2 atom stereocenters. The fourth-order valence-corrected chi connectivity index (χ4v) is 3.19. The number of benzene rings is 1. The van der Waals surface area contributed by atoms with Crippen LogP contribution in [0.3, 0.4) is 0 Å². The molecule has 0 saturated carbocycles. The molecule has 0 fully saturated rings. The molecule has 0 amide bonds. The zero-order valence-corrected chi connectivity index (χ0v) is 13.9. The van der Waals surface area contributed by atoms with Crippen LogP contribution in [0.2, 0.25) is 0 Å². The van der Waals surface area contributed by atoms with E-state index in [0.717, 1.165) is 26.1 Å². The predicted molar refractivity (Wildman–Crippen MR) is 89.1 cm³/mol. The highest BCUT2D eigenvalue weighted by atomic mass is 15.2. The first kappa shape index (κ1) is 17.2. The molecule has 20 heavy (non-hydrogen) atoms. The summed E-state index contributed by atoms with van der Waals surface area (Å²) in [7, 11) is 0. The van der Waals surface area contributed by atoms with E-state index in [1.54, 1.807) is 0 Å². The van der Waals surface area contributed by atoms with Gasteiger partial charge in [0.25, 0.3) is 0 Å². The van der Waals surface area contributed by atoms with Gasteiger partial charge < -0.3 is 5.32 Å². The van der Waals surface area contributed by atoms with Crippen LogP contribution in [0.1, 0.15) is 59.1 Å². The van der Waals surface area contributed by atoms with Gasteiger partial charge in [0.05, 0.1) is 6.04 Å². The lowest BCUT2D eigenvalue weighted by atomic mass is 9.82. The van der Waals surface area contributed by atoms with Gasteiger partial charge in [-0.05, 0) is 45.0 Å². The maximum atomic E-state index is 3.78. The zero-order valence-electron chi connectivity index (χ0n) is 13.9. The third-order valence-corrected chi connectivity index (χ3v) is 4.55. The molecule has 0 bridgehead atoms. The van der Waals surface area contributed by atoms with Crippen molar-refractivity contribution in [3.63, 3.8) is 0 Å². The van der Waals surface area contributed by atoms with E-state index in [0.29, 0.717) is 6.04 Å². The number of hydrogen-bond acceptors (Lipinski definition) is 2. The molecule has 0 aliphatic carbocycles. The number of nitrogens with one attached hydrogen (secondary N) is 1. The summed E-state index contributed by atoms with van der Waals surface area (Å²) < 4.78 is 0. The van der Waals surface area contributed by atoms with E-state index in [-0.39, 0.29) is 5.54 Å². The molecule has 0 spiro atoms. The SMILES string of the molecule is CCCNC(c1ccccc1)C(C)(CC)N(CC)CC. The summed E-state index contributed by atoms with van der Waals surface area (Å²) in [6.45, 7) is 14.7. The molecular formula is C18H32N2. The van der Waals surface area contributed by atoms with Gasteiger partial charge >= 0.3 is 0 Å². The molecule has 1 N–H and O–H groups in total. The summed E-state index contributed by atoms with van der Waals surface area (Å²) in [5.41, 5.74) is 1.55. The van der Waals surface area contributed by atoms with Gasteiger partial charge in [0, 0.05) is 5.54 Å². The average Bonchev–Trinajstić information content (AvgIpc) is 2.49. The van der Waals surface area contributed by atoms with Crippen molar-refractivity contribution in [2.45, 2.75) is 59.0 Å². The van der Waals surface area contributed by atoms with Gasteiger partial charge in [-0.3, -0.25) is 4.90 Å². The molecule has 0 aliphatic heterocycles. The van der Waals surface area contributed by atoms with Gasteiger partial charge in [0.2, 0.25) is 0 Å². The molecule has 0 aromatic heterocycles. The molecule has 2 nitrogen and oxygen atoms in total. The van der Waals surface area contributed by atoms with E-state index in [1.807, 2.05) is 0 Å². The molecule has 1 rings (SSSR count). The Morgan fingerprint density at radius 2 is 1.65 bits per heavy atom. The van der Waals surface area contributed by atoms with Crippen molar-refractivity contribution in [1.82, 2.24) is 10.2 Å². The van der Waals surface area contributed by atoms with E-state index in [9.17, 15) is 0 Å². The zero-order chi connectivity index (χ0) is 15.0. The fraction of sp³-hybridized carbons (Fsp3) is 0.667. The number of rotatable bonds is 9. The summed E-state index contributed by atoms with van der Waals surface area (Å²) in [6.07, 6.45) is 2.31. The van der Waals surface area contributed by atoms with Crippen molar-refractivity contribution < 1.29 is 0 Å². The highest BCUT2D eigenvalue weighted by Crippen LogP contribution is 2.34. The van der Waals surface area contributed by atoms with E-state index in [1.165, 1.54) is 12.0 Å². The Balaban J connectivity index is 3.12. The standard InChI is InChI=1S/C18H32N2/c1-6-15-19-17(16-13-11-10-12-14-16)18(5,7-2)20(8-3)9-4/h10-14,17,19H,6-9,15H2,1-5H3. The molecule has 0 saturated heterocycles. The van der Waals surface area contributed by atoms with Gasteiger partial charge in [0.15, 0.2) is 0 Å². The second kappa shape index (κ2) is 8.43. The van der Waals surface area contributed by atoms with Gasteiger partial charge in [-0.2, -0.15) is 0 Å². The highest BCUT2D eigenvalue weighted by molar-refractivity contribution is 5.23. The van der Waals surface area contributed by atoms with Crippen LogP contribution in [0.5, 0.6) is 0 Å². The van der Waals surface area contributed by atoms with Crippen LogP contribution < -0.4 is 5.32 Å². The average molecular weight is 276 g/mol. The summed E-state index contributed by atoms with van der Waals surface area (Å²) >= 11 is 0. The Morgan fingerprint density at radius 1 is 1.05 bits per heavy atom. The summed E-state index contributed by atoms with van der Waals surface area (Å²) in [5, 5.41) is 3.78. The third kappa shape index (κ3) is 3.83. The van der Waals surface area contributed by atoms with Crippen LogP contribution in [0, 0.1) is 0 Å². The second-order valence-corrected chi connectivity index (χ2v) is 5.68. The molecule has 1 aromatic carbocycles. The third-order valence-electron chi connectivity index (χ3n) is 4.55. The summed E-state index contributed by atoms with van der Waals surface area (Å²) in [5.74, 6) is 0. The smallest absolute Gasteiger partial charge is 0.0504 e. The lowest BCUT2D eigenvalue weighted by molar-refractivity contribution is 0.0698. The molecule has 0 radical (unpaired) electrons. The largest absolute Gasteiger partial charge is 0.308 e. The quantitative estimate of drug-likeness (QED) is 0.726. The van der Waals surface area contributed by atoms with Crippen LogP contribution in [0.25, 0.3) is 0 Å². The maximum absolute atomic E-state index is 3.78. The second-order valence-electron chi connectivity index (χ2n) is 5.68. The van der Waals surface area contributed by atoms with Crippen LogP contribution in [0.15, 0.2) is 30.3 Å². The Bertz CT molecular complexity index is 359. The Labute approximate surface area is 125 Å². The van der Waals surface area contributed by atoms with Crippen LogP contribution >= 0.6 is 0 Å². The van der Waals surface area contributed by atoms with Crippen molar-refractivity contribution >= 4 is 0 Å². The monoisotopic (exact) mass is 276 g/mol. The van der Waals surface area contributed by atoms with E-state index < -0.39 is 0 Å². The van der Waals surface area contributed by atoms with Gasteiger partial charge in [-0.15, -0.1) is 0 Å². The Morgan fingerprint density at radius 3 is 2.10 bits per heavy atom. The molecule has 114 valence electrons. The first-order chi connectivity index (χ1) is 9.63. The van der Waals surface area contributed by atoms with Crippen molar-refractivity contribution in [3.05, 3.63) is 35.9 Å². The normalized spacial score (nSPS) is 16.1. The predicted octanol–water partition coefficient (Wildman–Crippen LogP) is 4.24. The van der Waals surface area contributed by atoms with Crippen LogP contribution in [-0.4, -0.2) is 30.1 Å². The maximum Gasteiger partial charge on any atom is 0.0504 e. The minimum Gasteiger partial charge on any atom is -0.308 e. The Kier molecular flexibility index (Phi) is 7.25. The van der Waals surface area contributed by atoms with Crippen molar-refractivity contribution in [2.24, 2.45) is 0 Å². The minimum atomic E-state index is 0.153. The lowest BCUT2D eigenvalue weighted by Crippen LogP contribution is -2.54. The number of hydrogen-bond donors (Lipinski definition) is 1. The molecular weight excluding hydrogens is 244 g/mol. The van der Waals surface area contributed by atoms with Crippen molar-refractivity contribution in [1.29, 1.82) is 0 Å². The van der Waals surface area contributed by atoms with E-state index in [4.69, 9.17) is 0 Å². The summed E-state index contributed by atoms with van der Waals surface area (Å²) in [6, 6.07) is 11.3. The molecule has 2 unspecified atom stereocenters. The molecule has 1 aromatic rings. The van der Waals surface area contributed by atoms with E-state index in [2.05, 4.69) is 75.2 Å². The molecule has 0 aliphatic rings. The first-order valence-corrected chi connectivity index (χ1v) is 8.17. The van der Waals surface area contributed by atoms with Gasteiger partial charge in [0.1, 0.15) is 0 Å². The molecule has 0 heterocycles. The van der Waals surface area contributed by atoms with Crippen LogP contribution in [-0.2, 0) is 0 Å². The molecule has 2 heteroatoms. The first-order valence-electron chi connectivity index (χ1n) is 8.17. The highest BCUT2D eigenvalue weighted by Gasteiger charge is 2.37. The number of nitrogens with zero attached hydrogens (tertiary/aromatic N) is 1. The van der Waals surface area contributed by atoms with Crippen molar-refractivity contribution in [3.8, 4) is 0 Å². The van der Waals surface area contributed by atoms with Crippen molar-refractivity contribution in [2.75, 3.05) is 19.6 Å². The Hall–Kier alpha value is -0.860. The van der Waals surface area contributed by atoms with Crippen LogP contribution in [0.4, 0.5) is 0 Å². The topological polar surface area (TPSA) is 15.3 Å². The van der Waals surface area contributed by atoms with E-state index >= 15 is 0 Å². The van der Waals surface area contributed by atoms with Gasteiger partial charge in [-0.1, -0.05) is 58.0 Å². The van der Waals surface area contributed by atoms with Gasteiger partial charge in [-0.25, -0.2) is 0 Å². The fourth-order valence-electron chi connectivity index (χ4n) is 3.19. The minimum absolute atomic E-state index is 0.153. The lowest BCUT2D eigenvalue weighted by Gasteiger charge is -2.46. The summed E-state index contributed by atoms with van der Waals surface area (Å²) in [4.78, 5) is 2.59. The number of likely N-dealkylation sites (N-methyl/N-ethyl adjacent to an activating group) is 1.